The van der Waals surface area contributed by atoms with Gasteiger partial charge in [-0.3, -0.25) is 4.57 Å². The number of hydrogen-bond donors (Lipinski definition) is 0. The van der Waals surface area contributed by atoms with E-state index < -0.39 is 0 Å². The Morgan fingerprint density at radius 2 is 1.17 bits per heavy atom. The first-order chi connectivity index (χ1) is 29.2. The van der Waals surface area contributed by atoms with Crippen LogP contribution in [-0.2, 0) is 0 Å². The second-order valence-corrected chi connectivity index (χ2v) is 17.3. The number of thiophene rings is 2. The fourth-order valence-corrected chi connectivity index (χ4v) is 11.9. The van der Waals surface area contributed by atoms with Gasteiger partial charge >= 0.3 is 0 Å². The second kappa shape index (κ2) is 12.4. The van der Waals surface area contributed by atoms with Crippen molar-refractivity contribution < 1.29 is 0 Å². The van der Waals surface area contributed by atoms with Crippen molar-refractivity contribution >= 4 is 123 Å². The molecule has 0 unspecified atom stereocenters. The summed E-state index contributed by atoms with van der Waals surface area (Å²) in [7, 11) is 0. The van der Waals surface area contributed by atoms with E-state index in [-0.39, 0.29) is 0 Å². The van der Waals surface area contributed by atoms with E-state index in [0.29, 0.717) is 5.82 Å². The van der Waals surface area contributed by atoms with E-state index in [1.807, 2.05) is 11.3 Å². The molecule has 0 radical (unpaired) electrons. The molecule has 0 saturated heterocycles. The van der Waals surface area contributed by atoms with Crippen LogP contribution in [0.15, 0.2) is 170 Å². The SMILES string of the molecule is C/C=C/c1ccc2c(c1)c1c3ccccc3c3sc4ccccc4c3c1n2-c1nc(-c2cc3ccccc3n2-c2cccc3ccccc23)nc2sc3ccccc3c12. The Morgan fingerprint density at radius 1 is 0.492 bits per heavy atom. The molecule has 0 N–H and O–H groups in total. The number of rotatable bonds is 4. The van der Waals surface area contributed by atoms with Crippen LogP contribution in [0.3, 0.4) is 0 Å². The number of aromatic nitrogens is 4. The molecule has 4 nitrogen and oxygen atoms in total. The van der Waals surface area contributed by atoms with Gasteiger partial charge in [-0.1, -0.05) is 133 Å². The first kappa shape index (κ1) is 32.9. The fourth-order valence-electron chi connectivity index (χ4n) is 9.57. The molecule has 0 aliphatic rings. The van der Waals surface area contributed by atoms with Crippen LogP contribution in [0.5, 0.6) is 0 Å². The Balaban J connectivity index is 1.25. The van der Waals surface area contributed by atoms with Crippen LogP contribution in [-0.4, -0.2) is 19.1 Å². The molecule has 6 heteroatoms. The van der Waals surface area contributed by atoms with Gasteiger partial charge in [-0.2, -0.15) is 0 Å². The first-order valence-electron chi connectivity index (χ1n) is 19.9. The maximum atomic E-state index is 5.83. The van der Waals surface area contributed by atoms with E-state index in [1.165, 1.54) is 68.3 Å². The molecule has 59 heavy (non-hydrogen) atoms. The van der Waals surface area contributed by atoms with Gasteiger partial charge in [0.25, 0.3) is 0 Å². The van der Waals surface area contributed by atoms with E-state index >= 15 is 0 Å². The van der Waals surface area contributed by atoms with Crippen molar-refractivity contribution in [3.63, 3.8) is 0 Å². The highest BCUT2D eigenvalue weighted by Gasteiger charge is 2.27. The smallest absolute Gasteiger partial charge is 0.180 e. The Bertz CT molecular complexity index is 3930. The molecule has 276 valence electrons. The van der Waals surface area contributed by atoms with Crippen LogP contribution in [0, 0.1) is 0 Å². The molecule has 5 aromatic heterocycles. The van der Waals surface area contributed by atoms with Crippen LogP contribution < -0.4 is 0 Å². The molecular formula is C53H32N4S2. The van der Waals surface area contributed by atoms with Gasteiger partial charge in [0.15, 0.2) is 11.6 Å². The highest BCUT2D eigenvalue weighted by atomic mass is 32.1. The van der Waals surface area contributed by atoms with Gasteiger partial charge in [0, 0.05) is 57.2 Å². The molecule has 0 bridgehead atoms. The van der Waals surface area contributed by atoms with Gasteiger partial charge in [0.2, 0.25) is 0 Å². The van der Waals surface area contributed by atoms with Crippen molar-refractivity contribution in [3.8, 4) is 23.0 Å². The van der Waals surface area contributed by atoms with E-state index in [4.69, 9.17) is 9.97 Å². The van der Waals surface area contributed by atoms with E-state index in [0.717, 1.165) is 49.2 Å². The van der Waals surface area contributed by atoms with Crippen molar-refractivity contribution in [2.45, 2.75) is 6.92 Å². The molecule has 0 atom stereocenters. The lowest BCUT2D eigenvalue weighted by molar-refractivity contribution is 1.05. The Kier molecular flexibility index (Phi) is 6.94. The quantitative estimate of drug-likeness (QED) is 0.178. The average molecular weight is 789 g/mol. The topological polar surface area (TPSA) is 35.6 Å². The van der Waals surface area contributed by atoms with Crippen molar-refractivity contribution in [1.82, 2.24) is 19.1 Å². The largest absolute Gasteiger partial charge is 0.306 e. The molecule has 8 aromatic carbocycles. The van der Waals surface area contributed by atoms with Crippen molar-refractivity contribution in [1.29, 1.82) is 0 Å². The zero-order chi connectivity index (χ0) is 38.8. The monoisotopic (exact) mass is 788 g/mol. The third-order valence-electron chi connectivity index (χ3n) is 12.0. The predicted molar refractivity (Wildman–Crippen MR) is 254 cm³/mol. The summed E-state index contributed by atoms with van der Waals surface area (Å²) >= 11 is 3.63. The molecule has 0 fully saturated rings. The Morgan fingerprint density at radius 3 is 2.00 bits per heavy atom. The summed E-state index contributed by atoms with van der Waals surface area (Å²) in [5.74, 6) is 1.58. The molecule has 13 aromatic rings. The van der Waals surface area contributed by atoms with Crippen molar-refractivity contribution in [3.05, 3.63) is 175 Å². The molecule has 0 amide bonds. The summed E-state index contributed by atoms with van der Waals surface area (Å²) in [6, 6.07) is 59.5. The Labute approximate surface area is 346 Å². The van der Waals surface area contributed by atoms with Crippen LogP contribution in [0.4, 0.5) is 0 Å². The lowest BCUT2D eigenvalue weighted by Crippen LogP contribution is -2.05. The minimum Gasteiger partial charge on any atom is -0.306 e. The summed E-state index contributed by atoms with van der Waals surface area (Å²) in [5.41, 5.74) is 6.65. The minimum absolute atomic E-state index is 0.691. The normalized spacial score (nSPS) is 12.4. The van der Waals surface area contributed by atoms with E-state index in [2.05, 4.69) is 192 Å². The highest BCUT2D eigenvalue weighted by molar-refractivity contribution is 7.27. The zero-order valence-electron chi connectivity index (χ0n) is 31.8. The van der Waals surface area contributed by atoms with Crippen LogP contribution in [0.2, 0.25) is 0 Å². The zero-order valence-corrected chi connectivity index (χ0v) is 33.5. The fraction of sp³-hybridized carbons (Fsp3) is 0.0189. The molecular weight excluding hydrogens is 757 g/mol. The second-order valence-electron chi connectivity index (χ2n) is 15.3. The summed E-state index contributed by atoms with van der Waals surface area (Å²) in [4.78, 5) is 12.3. The first-order valence-corrected chi connectivity index (χ1v) is 21.6. The van der Waals surface area contributed by atoms with E-state index in [9.17, 15) is 0 Å². The number of benzene rings is 8. The van der Waals surface area contributed by atoms with Crippen LogP contribution >= 0.6 is 22.7 Å². The number of nitrogens with zero attached hydrogens (tertiary/aromatic N) is 4. The third-order valence-corrected chi connectivity index (χ3v) is 14.3. The predicted octanol–water partition coefficient (Wildman–Crippen LogP) is 15.3. The summed E-state index contributed by atoms with van der Waals surface area (Å²) in [6.45, 7) is 2.09. The standard InChI is InChI=1S/C53H32N4S2/c1-2-14-31-27-28-42-39(29-31)46-35-19-6-7-20-36(35)50-47(37-21-8-11-25-44(37)58-50)49(46)57(42)52-48-38-22-9-12-26-45(38)59-53(48)55-51(54-52)43-30-33-16-4-10-23-40(33)56(43)41-24-13-17-32-15-3-5-18-34(32)41/h2-30H,1H3/b14-2+. The lowest BCUT2D eigenvalue weighted by atomic mass is 9.99. The summed E-state index contributed by atoms with van der Waals surface area (Å²) < 4.78 is 8.61. The molecule has 13 rings (SSSR count). The van der Waals surface area contributed by atoms with Crippen molar-refractivity contribution in [2.24, 2.45) is 0 Å². The maximum absolute atomic E-state index is 5.83. The molecule has 0 spiro atoms. The average Bonchev–Trinajstić information content (AvgIpc) is 4.05. The molecule has 0 aliphatic heterocycles. The van der Waals surface area contributed by atoms with Crippen molar-refractivity contribution in [2.75, 3.05) is 0 Å². The van der Waals surface area contributed by atoms with Gasteiger partial charge in [-0.15, -0.1) is 22.7 Å². The van der Waals surface area contributed by atoms with Crippen LogP contribution in [0.25, 0.3) is 124 Å². The molecule has 5 heterocycles. The van der Waals surface area contributed by atoms with Gasteiger partial charge in [-0.05, 0) is 65.7 Å². The number of hydrogen-bond acceptors (Lipinski definition) is 4. The van der Waals surface area contributed by atoms with Gasteiger partial charge in [0.05, 0.1) is 33.3 Å². The third kappa shape index (κ3) is 4.64. The number of allylic oxidation sites excluding steroid dienone is 1. The number of fused-ring (bicyclic) bond motifs is 15. The van der Waals surface area contributed by atoms with Crippen LogP contribution in [0.1, 0.15) is 12.5 Å². The number of para-hydroxylation sites is 1. The molecule has 0 aliphatic carbocycles. The maximum Gasteiger partial charge on any atom is 0.180 e. The Hall–Kier alpha value is -7.12. The summed E-state index contributed by atoms with van der Waals surface area (Å²) in [5, 5.41) is 13.3. The van der Waals surface area contributed by atoms with Gasteiger partial charge in [-0.25, -0.2) is 9.97 Å². The minimum atomic E-state index is 0.691. The van der Waals surface area contributed by atoms with Gasteiger partial charge < -0.3 is 4.57 Å². The van der Waals surface area contributed by atoms with Gasteiger partial charge in [0.1, 0.15) is 4.83 Å². The summed E-state index contributed by atoms with van der Waals surface area (Å²) in [6.07, 6.45) is 4.32. The van der Waals surface area contributed by atoms with E-state index in [1.54, 1.807) is 11.3 Å². The highest BCUT2D eigenvalue weighted by Crippen LogP contribution is 2.49. The molecule has 0 saturated carbocycles. The lowest BCUT2D eigenvalue weighted by Gasteiger charge is -2.15.